The summed E-state index contributed by atoms with van der Waals surface area (Å²) in [6.07, 6.45) is 0. The molecule has 80 valence electrons. The maximum Gasteiger partial charge on any atom is 0.335 e. The van der Waals surface area contributed by atoms with E-state index in [9.17, 15) is 9.59 Å². The van der Waals surface area contributed by atoms with Crippen LogP contribution in [0.25, 0.3) is 0 Å². The molecule has 0 amide bonds. The number of rotatable bonds is 4. The van der Waals surface area contributed by atoms with E-state index in [1.807, 2.05) is 0 Å². The number of ether oxygens (including phenoxy) is 2. The van der Waals surface area contributed by atoms with Gasteiger partial charge < -0.3 is 9.47 Å². The molecule has 0 radical (unpaired) electrons. The summed E-state index contributed by atoms with van der Waals surface area (Å²) < 4.78 is 9.05. The molecule has 0 saturated heterocycles. The van der Waals surface area contributed by atoms with Crippen LogP contribution in [0, 0.1) is 0 Å². The summed E-state index contributed by atoms with van der Waals surface area (Å²) in [4.78, 5) is 22.5. The fourth-order valence-electron chi connectivity index (χ4n) is 0.763. The van der Waals surface area contributed by atoms with Crippen LogP contribution in [0.2, 0.25) is 0 Å². The van der Waals surface area contributed by atoms with Crippen LogP contribution in [0.15, 0.2) is 11.1 Å². The lowest BCUT2D eigenvalue weighted by atomic mass is 10.1. The van der Waals surface area contributed by atoms with Gasteiger partial charge in [-0.1, -0.05) is 31.9 Å². The molecule has 0 aromatic carbocycles. The van der Waals surface area contributed by atoms with Gasteiger partial charge in [0, 0.05) is 10.7 Å². The van der Waals surface area contributed by atoms with E-state index in [0.717, 1.165) is 0 Å². The summed E-state index contributed by atoms with van der Waals surface area (Å²) in [5.74, 6) is -1.08. The number of carbonyl (C=O) groups excluding carboxylic acids is 2. The van der Waals surface area contributed by atoms with Crippen molar-refractivity contribution in [3.63, 3.8) is 0 Å². The van der Waals surface area contributed by atoms with Gasteiger partial charge in [-0.25, -0.2) is 9.59 Å². The van der Waals surface area contributed by atoms with Crippen molar-refractivity contribution in [3.05, 3.63) is 11.1 Å². The maximum absolute atomic E-state index is 11.2. The Morgan fingerprint density at radius 2 is 1.21 bits per heavy atom. The average molecular weight is 330 g/mol. The van der Waals surface area contributed by atoms with Gasteiger partial charge in [0.15, 0.2) is 0 Å². The van der Waals surface area contributed by atoms with Gasteiger partial charge >= 0.3 is 11.9 Å². The monoisotopic (exact) mass is 328 g/mol. The van der Waals surface area contributed by atoms with Crippen molar-refractivity contribution in [2.75, 3.05) is 24.9 Å². The lowest BCUT2D eigenvalue weighted by molar-refractivity contribution is -0.139. The minimum Gasteiger partial charge on any atom is -0.466 e. The largest absolute Gasteiger partial charge is 0.466 e. The zero-order valence-electron chi connectivity index (χ0n) is 7.80. The first kappa shape index (κ1) is 13.6. The van der Waals surface area contributed by atoms with Crippen LogP contribution in [0.5, 0.6) is 0 Å². The second kappa shape index (κ2) is 7.00. The van der Waals surface area contributed by atoms with Crippen LogP contribution < -0.4 is 0 Å². The predicted octanol–water partition coefficient (Wildman–Crippen LogP) is 1.42. The summed E-state index contributed by atoms with van der Waals surface area (Å²) >= 11 is 6.22. The molecule has 0 aliphatic rings. The third kappa shape index (κ3) is 3.42. The molecule has 0 aliphatic carbocycles. The molecule has 0 aromatic heterocycles. The quantitative estimate of drug-likeness (QED) is 0.444. The first-order valence-corrected chi connectivity index (χ1v) is 5.87. The molecule has 4 nitrogen and oxygen atoms in total. The highest BCUT2D eigenvalue weighted by Gasteiger charge is 2.20. The molecule has 0 spiro atoms. The van der Waals surface area contributed by atoms with Crippen molar-refractivity contribution in [1.82, 2.24) is 0 Å². The van der Waals surface area contributed by atoms with Crippen molar-refractivity contribution < 1.29 is 19.1 Å². The molecule has 0 heterocycles. The summed E-state index contributed by atoms with van der Waals surface area (Å²) in [7, 11) is 2.52. The van der Waals surface area contributed by atoms with E-state index in [1.54, 1.807) is 0 Å². The highest BCUT2D eigenvalue weighted by molar-refractivity contribution is 9.09. The third-order valence-corrected chi connectivity index (χ3v) is 2.62. The highest BCUT2D eigenvalue weighted by atomic mass is 79.9. The van der Waals surface area contributed by atoms with E-state index in [-0.39, 0.29) is 21.8 Å². The van der Waals surface area contributed by atoms with Gasteiger partial charge in [-0.2, -0.15) is 0 Å². The minimum absolute atomic E-state index is 0.246. The molecule has 0 fully saturated rings. The number of hydrogen-bond donors (Lipinski definition) is 0. The van der Waals surface area contributed by atoms with Gasteiger partial charge in [0.05, 0.1) is 25.4 Å². The molecule has 0 saturated carbocycles. The van der Waals surface area contributed by atoms with E-state index >= 15 is 0 Å². The van der Waals surface area contributed by atoms with Gasteiger partial charge in [0.25, 0.3) is 0 Å². The van der Waals surface area contributed by atoms with E-state index in [1.165, 1.54) is 14.2 Å². The molecule has 14 heavy (non-hydrogen) atoms. The Bertz CT molecular complexity index is 234. The zero-order chi connectivity index (χ0) is 11.1. The summed E-state index contributed by atoms with van der Waals surface area (Å²) in [6, 6.07) is 0. The summed E-state index contributed by atoms with van der Waals surface area (Å²) in [5.41, 5.74) is 0.521. The molecule has 0 N–H and O–H groups in total. The normalized spacial score (nSPS) is 11.7. The molecule has 0 rings (SSSR count). The number of halogens is 2. The smallest absolute Gasteiger partial charge is 0.335 e. The topological polar surface area (TPSA) is 52.6 Å². The average Bonchev–Trinajstić information content (AvgIpc) is 2.23. The van der Waals surface area contributed by atoms with Gasteiger partial charge in [-0.05, 0) is 0 Å². The SMILES string of the molecule is COC(=O)/C(CBr)=C(/CBr)C(=O)OC. The minimum atomic E-state index is -0.540. The Kier molecular flexibility index (Phi) is 6.82. The Morgan fingerprint density at radius 3 is 1.36 bits per heavy atom. The second-order valence-corrected chi connectivity index (χ2v) is 3.33. The van der Waals surface area contributed by atoms with Gasteiger partial charge in [-0.15, -0.1) is 0 Å². The van der Waals surface area contributed by atoms with Crippen molar-refractivity contribution in [2.24, 2.45) is 0 Å². The van der Waals surface area contributed by atoms with Crippen molar-refractivity contribution in [2.45, 2.75) is 0 Å². The molecule has 0 aromatic rings. The Labute approximate surface area is 98.9 Å². The van der Waals surface area contributed by atoms with E-state index < -0.39 is 11.9 Å². The molecule has 0 bridgehead atoms. The van der Waals surface area contributed by atoms with E-state index in [0.29, 0.717) is 0 Å². The Morgan fingerprint density at radius 1 is 0.929 bits per heavy atom. The fraction of sp³-hybridized carbons (Fsp3) is 0.500. The number of alkyl halides is 2. The molecule has 0 aliphatic heterocycles. The Hall–Kier alpha value is -0.360. The van der Waals surface area contributed by atoms with Crippen molar-refractivity contribution in [3.8, 4) is 0 Å². The first-order chi connectivity index (χ1) is 6.62. The van der Waals surface area contributed by atoms with Crippen LogP contribution in [0.3, 0.4) is 0 Å². The van der Waals surface area contributed by atoms with Crippen LogP contribution in [-0.4, -0.2) is 36.8 Å². The first-order valence-electron chi connectivity index (χ1n) is 3.62. The number of hydrogen-bond acceptors (Lipinski definition) is 4. The third-order valence-electron chi connectivity index (χ3n) is 1.50. The lowest BCUT2D eigenvalue weighted by Crippen LogP contribution is -2.16. The van der Waals surface area contributed by atoms with E-state index in [4.69, 9.17) is 0 Å². The molecular formula is C8H10Br2O4. The molecule has 0 atom stereocenters. The standard InChI is InChI=1S/C8H10Br2O4/c1-13-7(11)5(3-9)6(4-10)8(12)14-2/h3-4H2,1-2H3/b6-5-. The number of esters is 2. The van der Waals surface area contributed by atoms with Crippen molar-refractivity contribution >= 4 is 43.8 Å². The van der Waals surface area contributed by atoms with Gasteiger partial charge in [0.2, 0.25) is 0 Å². The Balaban J connectivity index is 5.11. The highest BCUT2D eigenvalue weighted by Crippen LogP contribution is 2.13. The van der Waals surface area contributed by atoms with Crippen LogP contribution in [-0.2, 0) is 19.1 Å². The molecule has 6 heteroatoms. The van der Waals surface area contributed by atoms with Crippen LogP contribution in [0.1, 0.15) is 0 Å². The van der Waals surface area contributed by atoms with Crippen LogP contribution >= 0.6 is 31.9 Å². The lowest BCUT2D eigenvalue weighted by Gasteiger charge is -2.07. The predicted molar refractivity (Wildman–Crippen MR) is 58.6 cm³/mol. The number of methoxy groups -OCH3 is 2. The van der Waals surface area contributed by atoms with E-state index in [2.05, 4.69) is 41.3 Å². The maximum atomic E-state index is 11.2. The number of carbonyl (C=O) groups is 2. The summed E-state index contributed by atoms with van der Waals surface area (Å²) in [6.45, 7) is 0. The molecule has 0 unspecified atom stereocenters. The van der Waals surface area contributed by atoms with Gasteiger partial charge in [-0.3, -0.25) is 0 Å². The van der Waals surface area contributed by atoms with Crippen molar-refractivity contribution in [1.29, 1.82) is 0 Å². The fourth-order valence-corrected chi connectivity index (χ4v) is 1.90. The zero-order valence-corrected chi connectivity index (χ0v) is 11.0. The molecular weight excluding hydrogens is 320 g/mol. The van der Waals surface area contributed by atoms with Gasteiger partial charge in [0.1, 0.15) is 0 Å². The second-order valence-electron chi connectivity index (χ2n) is 2.21. The van der Waals surface area contributed by atoms with Crippen LogP contribution in [0.4, 0.5) is 0 Å². The summed E-state index contributed by atoms with van der Waals surface area (Å²) in [5, 5.41) is 0.491.